The van der Waals surface area contributed by atoms with Crippen molar-refractivity contribution >= 4 is 76.9 Å². The van der Waals surface area contributed by atoms with Crippen molar-refractivity contribution in [3.05, 3.63) is 185 Å². The number of hydrogen-bond acceptors (Lipinski definition) is 13. The topological polar surface area (TPSA) is 170 Å². The number of carbonyl (C=O) groups is 3. The average Bonchev–Trinajstić information content (AvgIpc) is 1.71. The number of amides is 3. The van der Waals surface area contributed by atoms with Gasteiger partial charge >= 0.3 is 0 Å². The van der Waals surface area contributed by atoms with Crippen molar-refractivity contribution in [3.63, 3.8) is 0 Å². The van der Waals surface area contributed by atoms with Gasteiger partial charge < -0.3 is 24.5 Å². The summed E-state index contributed by atoms with van der Waals surface area (Å²) in [4.78, 5) is 65.6. The normalized spacial score (nSPS) is 17.6. The molecule has 4 fully saturated rings. The van der Waals surface area contributed by atoms with Crippen LogP contribution in [0.3, 0.4) is 0 Å². The molecule has 4 aliphatic rings. The molecule has 10 heterocycles. The van der Waals surface area contributed by atoms with Gasteiger partial charge in [0.1, 0.15) is 5.82 Å². The van der Waals surface area contributed by atoms with E-state index in [-0.39, 0.29) is 70.1 Å². The molecular formula is C70H75F2N11O5S2. The van der Waals surface area contributed by atoms with E-state index in [4.69, 9.17) is 6.42 Å². The Hall–Kier alpha value is -8.67. The number of anilines is 2. The van der Waals surface area contributed by atoms with Gasteiger partial charge in [0.15, 0.2) is 15.7 Å². The van der Waals surface area contributed by atoms with Crippen molar-refractivity contribution in [2.24, 2.45) is 0 Å². The molecule has 9 aromatic rings. The fourth-order valence-corrected chi connectivity index (χ4v) is 15.7. The number of piperidine rings is 1. The standard InChI is InChI=1S/C26H26FN3O.C23H26FN5O.C21H23N3O3S2/c1-3-20-17-22(12-13-24(20)27)29-15-16-30(19(2)18-29)26(31)11-5-8-21-7-4-10-25-23(21)9-6-14-28-25;24-20-14-25-11-9-22(20)29-18-7-8-19(29)16-27(15-18)23(30)6-2-1-4-17-5-3-13-28-21(17)10-12-26-28;1-15-5-6-17(22-13-15)16-7-10-24(11-8-16)20(25)9-12-29(26,27)19-4-2-3-18-21(19)28-14-23-18/h1,4,6-7,9-10,12-14,17,19H,5,8,11,15-16,18H2,2H3;3,5,9-14,18-19H,1-2,4,6-8,15-16H2;2-6,13-14,16H,7-12H2,1H3/t19-;;/m0../s1. The first-order chi connectivity index (χ1) is 43.7. The van der Waals surface area contributed by atoms with Crippen LogP contribution in [-0.2, 0) is 37.1 Å². The third-order valence-corrected chi connectivity index (χ3v) is 20.7. The van der Waals surface area contributed by atoms with Crippen molar-refractivity contribution in [3.8, 4) is 12.3 Å². The second-order valence-electron chi connectivity index (χ2n) is 23.8. The number of hydrogen-bond donors (Lipinski definition) is 0. The Kier molecular flexibility index (Phi) is 20.2. The Bertz CT molecular complexity index is 4130. The molecule has 90 heavy (non-hydrogen) atoms. The molecule has 3 aromatic carbocycles. The van der Waals surface area contributed by atoms with Crippen molar-refractivity contribution < 1.29 is 31.6 Å². The molecule has 2 unspecified atom stereocenters. The van der Waals surface area contributed by atoms with Crippen LogP contribution in [0.1, 0.15) is 105 Å². The second-order valence-corrected chi connectivity index (χ2v) is 26.7. The number of terminal acetylenes is 1. The van der Waals surface area contributed by atoms with Crippen LogP contribution in [0.25, 0.3) is 26.6 Å². The van der Waals surface area contributed by atoms with Crippen LogP contribution in [-0.4, -0.2) is 140 Å². The molecule has 3 amide bonds. The summed E-state index contributed by atoms with van der Waals surface area (Å²) in [6, 6.07) is 32.7. The number of nitrogens with zero attached hydrogens (tertiary/aromatic N) is 11. The summed E-state index contributed by atoms with van der Waals surface area (Å²) in [6.07, 6.45) is 25.0. The fraction of sp³-hybridized carbons (Fsp3) is 0.371. The number of carbonyl (C=O) groups excluding carboxylic acids is 3. The molecule has 3 atom stereocenters. The molecule has 6 aromatic heterocycles. The number of pyridine rings is 4. The van der Waals surface area contributed by atoms with Gasteiger partial charge in [-0.2, -0.15) is 5.10 Å². The summed E-state index contributed by atoms with van der Waals surface area (Å²) in [5.74, 6) is 2.23. The first-order valence-electron chi connectivity index (χ1n) is 31.2. The minimum absolute atomic E-state index is 0.00493. The number of aryl methyl sites for hydroxylation is 3. The highest BCUT2D eigenvalue weighted by molar-refractivity contribution is 7.91. The van der Waals surface area contributed by atoms with Crippen molar-refractivity contribution in [1.29, 1.82) is 0 Å². The van der Waals surface area contributed by atoms with Crippen LogP contribution >= 0.6 is 11.3 Å². The number of rotatable bonds is 16. The van der Waals surface area contributed by atoms with E-state index in [0.29, 0.717) is 80.5 Å². The Morgan fingerprint density at radius 3 is 2.23 bits per heavy atom. The van der Waals surface area contributed by atoms with Crippen molar-refractivity contribution in [1.82, 2.24) is 44.2 Å². The Morgan fingerprint density at radius 1 is 0.689 bits per heavy atom. The van der Waals surface area contributed by atoms with Crippen LogP contribution in [0.15, 0.2) is 151 Å². The average molecular weight is 1250 g/mol. The zero-order chi connectivity index (χ0) is 62.7. The van der Waals surface area contributed by atoms with Crippen molar-refractivity contribution in [2.75, 3.05) is 61.4 Å². The van der Waals surface area contributed by atoms with Gasteiger partial charge in [0.05, 0.1) is 54.9 Å². The number of thiazole rings is 1. The van der Waals surface area contributed by atoms with Crippen LogP contribution < -0.4 is 9.80 Å². The lowest BCUT2D eigenvalue weighted by molar-refractivity contribution is -0.134. The van der Waals surface area contributed by atoms with E-state index in [9.17, 15) is 31.6 Å². The van der Waals surface area contributed by atoms with Crippen LogP contribution in [0, 0.1) is 30.9 Å². The minimum atomic E-state index is -3.54. The van der Waals surface area contributed by atoms with Gasteiger partial charge in [-0.1, -0.05) is 42.3 Å². The predicted molar refractivity (Wildman–Crippen MR) is 349 cm³/mol. The molecule has 0 radical (unpaired) electrons. The fourth-order valence-electron chi connectivity index (χ4n) is 13.1. The molecule has 2 bridgehead atoms. The van der Waals surface area contributed by atoms with Gasteiger partial charge in [-0.25, -0.2) is 26.7 Å². The molecule has 0 saturated carbocycles. The highest BCUT2D eigenvalue weighted by atomic mass is 32.2. The van der Waals surface area contributed by atoms with E-state index in [1.54, 1.807) is 59.2 Å². The summed E-state index contributed by atoms with van der Waals surface area (Å²) >= 11 is 1.31. The Morgan fingerprint density at radius 2 is 1.46 bits per heavy atom. The zero-order valence-corrected chi connectivity index (χ0v) is 52.6. The molecule has 4 aliphatic heterocycles. The van der Waals surface area contributed by atoms with E-state index in [0.717, 1.165) is 91.2 Å². The lowest BCUT2D eigenvalue weighted by Gasteiger charge is -2.42. The third-order valence-electron chi connectivity index (χ3n) is 17.9. The summed E-state index contributed by atoms with van der Waals surface area (Å²) in [5, 5.41) is 5.43. The highest BCUT2D eigenvalue weighted by Crippen LogP contribution is 2.37. The Labute approximate surface area is 528 Å². The molecule has 20 heteroatoms. The zero-order valence-electron chi connectivity index (χ0n) is 50.9. The van der Waals surface area contributed by atoms with Crippen LogP contribution in [0.4, 0.5) is 20.2 Å². The number of halogens is 2. The van der Waals surface area contributed by atoms with Crippen LogP contribution in [0.2, 0.25) is 0 Å². The molecule has 0 aliphatic carbocycles. The molecule has 466 valence electrons. The van der Waals surface area contributed by atoms with Gasteiger partial charge in [0, 0.05) is 137 Å². The number of fused-ring (bicyclic) bond motifs is 5. The first-order valence-corrected chi connectivity index (χ1v) is 33.7. The monoisotopic (exact) mass is 1250 g/mol. The lowest BCUT2D eigenvalue weighted by Crippen LogP contribution is -2.55. The van der Waals surface area contributed by atoms with E-state index in [1.165, 1.54) is 34.7 Å². The quantitative estimate of drug-likeness (QED) is 0.0663. The van der Waals surface area contributed by atoms with E-state index in [1.807, 2.05) is 70.2 Å². The smallest absolute Gasteiger partial charge is 0.223 e. The van der Waals surface area contributed by atoms with Gasteiger partial charge in [-0.15, -0.1) is 17.8 Å². The van der Waals surface area contributed by atoms with Gasteiger partial charge in [-0.05, 0) is 155 Å². The summed E-state index contributed by atoms with van der Waals surface area (Å²) in [7, 11) is -3.54. The minimum Gasteiger partial charge on any atom is -0.368 e. The first kappa shape index (κ1) is 62.9. The Balaban J connectivity index is 0.000000139. The molecule has 16 nitrogen and oxygen atoms in total. The maximum Gasteiger partial charge on any atom is 0.223 e. The number of aromatic nitrogens is 6. The molecule has 13 rings (SSSR count). The molecular weight excluding hydrogens is 1180 g/mol. The molecule has 0 spiro atoms. The second kappa shape index (κ2) is 28.9. The van der Waals surface area contributed by atoms with E-state index < -0.39 is 9.84 Å². The van der Waals surface area contributed by atoms with E-state index >= 15 is 0 Å². The van der Waals surface area contributed by atoms with Crippen molar-refractivity contribution in [2.45, 2.75) is 120 Å². The van der Waals surface area contributed by atoms with E-state index in [2.05, 4.69) is 78.0 Å². The number of unbranched alkanes of at least 4 members (excludes halogenated alkanes) is 1. The molecule has 0 N–H and O–H groups in total. The van der Waals surface area contributed by atoms with Gasteiger partial charge in [0.2, 0.25) is 17.7 Å². The largest absolute Gasteiger partial charge is 0.368 e. The highest BCUT2D eigenvalue weighted by Gasteiger charge is 2.42. The number of likely N-dealkylation sites (tertiary alicyclic amines) is 2. The maximum atomic E-state index is 14.2. The molecule has 4 saturated heterocycles. The van der Waals surface area contributed by atoms with Gasteiger partial charge in [-0.3, -0.25) is 29.3 Å². The number of piperazine rings is 2. The third kappa shape index (κ3) is 14.8. The lowest BCUT2D eigenvalue weighted by atomic mass is 9.92. The summed E-state index contributed by atoms with van der Waals surface area (Å²) < 4.78 is 56.1. The number of benzene rings is 3. The predicted octanol–water partition coefficient (Wildman–Crippen LogP) is 11.4. The summed E-state index contributed by atoms with van der Waals surface area (Å²) in [6.45, 7) is 8.80. The van der Waals surface area contributed by atoms with Crippen LogP contribution in [0.5, 0.6) is 0 Å². The van der Waals surface area contributed by atoms with Gasteiger partial charge in [0.25, 0.3) is 0 Å². The SMILES string of the molecule is C#Cc1cc(N2CCN(C(=O)CCCc3cccc4ncccc34)[C@@H](C)C2)ccc1F.Cc1ccc(C2CCN(C(=O)CCS(=O)(=O)c3cccc4ncsc34)CC2)nc1.O=C(CCCCc1cccn2nccc12)N1CC2CCC(C1)N2c1ccncc1F. The number of sulfone groups is 1. The summed E-state index contributed by atoms with van der Waals surface area (Å²) in [5.41, 5.74) is 11.0. The maximum absolute atomic E-state index is 14.2.